The van der Waals surface area contributed by atoms with Crippen molar-refractivity contribution in [1.82, 2.24) is 14.9 Å². The number of likely N-dealkylation sites (N-methyl/N-ethyl adjacent to an activating group) is 1. The van der Waals surface area contributed by atoms with Crippen molar-refractivity contribution in [3.8, 4) is 0 Å². The lowest BCUT2D eigenvalue weighted by atomic mass is 10.1. The van der Waals surface area contributed by atoms with Gasteiger partial charge in [-0.25, -0.2) is 8.42 Å². The van der Waals surface area contributed by atoms with Crippen LogP contribution in [0.25, 0.3) is 0 Å². The first kappa shape index (κ1) is 19.6. The molecule has 0 saturated carbocycles. The molecule has 1 amide bonds. The summed E-state index contributed by atoms with van der Waals surface area (Å²) in [7, 11) is -1.03. The van der Waals surface area contributed by atoms with Crippen molar-refractivity contribution in [2.24, 2.45) is 0 Å². The SMILES string of the molecule is Cc1cc(NC(=O)C[NH+](C)Cc2c(C)nn([C@@H]3CCS(=O)(=O)C3)c2C)no1. The highest BCUT2D eigenvalue weighted by Gasteiger charge is 2.32. The first-order valence-corrected chi connectivity index (χ1v) is 10.8. The van der Waals surface area contributed by atoms with Crippen molar-refractivity contribution in [2.75, 3.05) is 30.4 Å². The summed E-state index contributed by atoms with van der Waals surface area (Å²) in [5, 5.41) is 11.0. The fourth-order valence-corrected chi connectivity index (χ4v) is 5.22. The number of hydrogen-bond donors (Lipinski definition) is 2. The van der Waals surface area contributed by atoms with Crippen LogP contribution in [0.3, 0.4) is 0 Å². The van der Waals surface area contributed by atoms with E-state index in [1.165, 1.54) is 0 Å². The second-order valence-corrected chi connectivity index (χ2v) is 9.56. The summed E-state index contributed by atoms with van der Waals surface area (Å²) >= 11 is 0. The number of quaternary nitrogens is 1. The molecule has 0 aliphatic carbocycles. The number of aryl methyl sites for hydroxylation is 2. The minimum Gasteiger partial charge on any atom is -0.360 e. The third-order valence-corrected chi connectivity index (χ3v) is 6.62. The molecule has 1 unspecified atom stereocenters. The average molecular weight is 396 g/mol. The van der Waals surface area contributed by atoms with Crippen LogP contribution >= 0.6 is 0 Å². The molecule has 0 radical (unpaired) electrons. The van der Waals surface area contributed by atoms with Crippen LogP contribution < -0.4 is 10.2 Å². The molecule has 1 fully saturated rings. The van der Waals surface area contributed by atoms with E-state index < -0.39 is 9.84 Å². The maximum absolute atomic E-state index is 12.2. The third-order valence-electron chi connectivity index (χ3n) is 4.87. The maximum atomic E-state index is 12.2. The summed E-state index contributed by atoms with van der Waals surface area (Å²) in [6, 6.07) is 1.57. The Labute approximate surface area is 158 Å². The number of rotatable bonds is 6. The summed E-state index contributed by atoms with van der Waals surface area (Å²) in [5.41, 5.74) is 2.91. The summed E-state index contributed by atoms with van der Waals surface area (Å²) in [5.74, 6) is 1.27. The number of nitrogens with zero attached hydrogens (tertiary/aromatic N) is 3. The van der Waals surface area contributed by atoms with Crippen LogP contribution in [-0.4, -0.2) is 54.4 Å². The van der Waals surface area contributed by atoms with Crippen LogP contribution in [0.1, 0.15) is 35.2 Å². The van der Waals surface area contributed by atoms with Gasteiger partial charge >= 0.3 is 0 Å². The van der Waals surface area contributed by atoms with E-state index in [0.717, 1.165) is 21.9 Å². The van der Waals surface area contributed by atoms with E-state index in [9.17, 15) is 13.2 Å². The Morgan fingerprint density at radius 1 is 1.41 bits per heavy atom. The zero-order chi connectivity index (χ0) is 19.8. The number of amides is 1. The van der Waals surface area contributed by atoms with Crippen molar-refractivity contribution in [2.45, 2.75) is 39.8 Å². The number of carbonyl (C=O) groups is 1. The summed E-state index contributed by atoms with van der Waals surface area (Å²) in [6.07, 6.45) is 0.603. The monoisotopic (exact) mass is 396 g/mol. The smallest absolute Gasteiger partial charge is 0.280 e. The molecule has 0 bridgehead atoms. The Kier molecular flexibility index (Phi) is 5.38. The molecular weight excluding hydrogens is 370 g/mol. The number of nitrogens with one attached hydrogen (secondary N) is 2. The predicted octanol–water partition coefficient (Wildman–Crippen LogP) is -0.191. The van der Waals surface area contributed by atoms with E-state index in [1.807, 2.05) is 25.6 Å². The van der Waals surface area contributed by atoms with Gasteiger partial charge in [-0.2, -0.15) is 5.10 Å². The topological polar surface area (TPSA) is 112 Å². The highest BCUT2D eigenvalue weighted by molar-refractivity contribution is 7.91. The zero-order valence-corrected chi connectivity index (χ0v) is 16.9. The van der Waals surface area contributed by atoms with Crippen LogP contribution in [0.5, 0.6) is 0 Å². The quantitative estimate of drug-likeness (QED) is 0.700. The molecule has 2 N–H and O–H groups in total. The van der Waals surface area contributed by atoms with Gasteiger partial charge in [-0.3, -0.25) is 9.48 Å². The maximum Gasteiger partial charge on any atom is 0.280 e. The van der Waals surface area contributed by atoms with Gasteiger partial charge in [-0.15, -0.1) is 0 Å². The van der Waals surface area contributed by atoms with E-state index in [4.69, 9.17) is 4.52 Å². The number of hydrogen-bond acceptors (Lipinski definition) is 6. The Morgan fingerprint density at radius 3 is 2.74 bits per heavy atom. The van der Waals surface area contributed by atoms with Gasteiger partial charge in [0.1, 0.15) is 12.3 Å². The molecule has 2 aromatic rings. The number of anilines is 1. The second kappa shape index (κ2) is 7.43. The van der Waals surface area contributed by atoms with Crippen molar-refractivity contribution in [3.05, 3.63) is 28.8 Å². The molecule has 2 aromatic heterocycles. The predicted molar refractivity (Wildman–Crippen MR) is 99.3 cm³/mol. The van der Waals surface area contributed by atoms with Gasteiger partial charge in [0, 0.05) is 11.8 Å². The molecule has 2 atom stereocenters. The highest BCUT2D eigenvalue weighted by atomic mass is 32.2. The largest absolute Gasteiger partial charge is 0.360 e. The lowest BCUT2D eigenvalue weighted by molar-refractivity contribution is -0.885. The molecule has 148 valence electrons. The van der Waals surface area contributed by atoms with Gasteiger partial charge in [-0.05, 0) is 27.2 Å². The number of aromatic nitrogens is 3. The number of carbonyl (C=O) groups excluding carboxylic acids is 1. The van der Waals surface area contributed by atoms with Crippen LogP contribution in [0.4, 0.5) is 5.82 Å². The molecule has 1 aliphatic rings. The minimum absolute atomic E-state index is 0.0959. The Bertz CT molecular complexity index is 947. The van der Waals surface area contributed by atoms with Crippen LogP contribution in [0.15, 0.2) is 10.6 Å². The highest BCUT2D eigenvalue weighted by Crippen LogP contribution is 2.26. The van der Waals surface area contributed by atoms with Crippen molar-refractivity contribution >= 4 is 21.6 Å². The summed E-state index contributed by atoms with van der Waals surface area (Å²) in [6.45, 7) is 6.55. The Hall–Kier alpha value is -2.20. The molecule has 27 heavy (non-hydrogen) atoms. The fraction of sp³-hybridized carbons (Fsp3) is 0.588. The number of sulfone groups is 1. The van der Waals surface area contributed by atoms with E-state index in [-0.39, 0.29) is 30.0 Å². The van der Waals surface area contributed by atoms with Gasteiger partial charge < -0.3 is 14.7 Å². The Balaban J connectivity index is 1.64. The molecule has 3 heterocycles. The van der Waals surface area contributed by atoms with Crippen molar-refractivity contribution in [1.29, 1.82) is 0 Å². The van der Waals surface area contributed by atoms with Gasteiger partial charge in [-0.1, -0.05) is 5.16 Å². The molecule has 9 nitrogen and oxygen atoms in total. The molecule has 10 heteroatoms. The van der Waals surface area contributed by atoms with Crippen LogP contribution in [0, 0.1) is 20.8 Å². The van der Waals surface area contributed by atoms with Gasteiger partial charge in [0.05, 0.1) is 35.9 Å². The average Bonchev–Trinajstić information content (AvgIpc) is 3.20. The molecule has 3 rings (SSSR count). The van der Waals surface area contributed by atoms with Gasteiger partial charge in [0.15, 0.2) is 22.2 Å². The first-order chi connectivity index (χ1) is 12.6. The summed E-state index contributed by atoms with van der Waals surface area (Å²) in [4.78, 5) is 13.2. The molecular formula is C17H26N5O4S+. The third kappa shape index (κ3) is 4.56. The molecule has 1 saturated heterocycles. The molecule has 0 spiro atoms. The van der Waals surface area contributed by atoms with E-state index in [0.29, 0.717) is 24.5 Å². The van der Waals surface area contributed by atoms with Crippen molar-refractivity contribution < 1.29 is 22.6 Å². The first-order valence-electron chi connectivity index (χ1n) is 8.94. The molecule has 1 aliphatic heterocycles. The van der Waals surface area contributed by atoms with E-state index in [1.54, 1.807) is 13.0 Å². The normalized spacial score (nSPS) is 19.9. The Morgan fingerprint density at radius 2 is 2.15 bits per heavy atom. The van der Waals surface area contributed by atoms with Crippen LogP contribution in [-0.2, 0) is 21.2 Å². The van der Waals surface area contributed by atoms with Gasteiger partial charge in [0.25, 0.3) is 5.91 Å². The fourth-order valence-electron chi connectivity index (χ4n) is 3.53. The van der Waals surface area contributed by atoms with E-state index >= 15 is 0 Å². The van der Waals surface area contributed by atoms with E-state index in [2.05, 4.69) is 15.6 Å². The van der Waals surface area contributed by atoms with Gasteiger partial charge in [0.2, 0.25) is 0 Å². The minimum atomic E-state index is -2.96. The molecule has 0 aromatic carbocycles. The lowest BCUT2D eigenvalue weighted by Crippen LogP contribution is -3.08. The van der Waals surface area contributed by atoms with Crippen molar-refractivity contribution in [3.63, 3.8) is 0 Å². The lowest BCUT2D eigenvalue weighted by Gasteiger charge is -2.15. The standard InChI is InChI=1S/C17H25N5O4S/c1-11-7-16(20-26-11)18-17(23)9-21(4)8-15-12(2)19-22(13(15)3)14-5-6-27(24,25)10-14/h7,14H,5-6,8-10H2,1-4H3,(H,18,20,23)/p+1/t14-/m1/s1. The summed E-state index contributed by atoms with van der Waals surface area (Å²) < 4.78 is 30.3. The second-order valence-electron chi connectivity index (χ2n) is 7.33. The van der Waals surface area contributed by atoms with Crippen LogP contribution in [0.2, 0.25) is 0 Å². The zero-order valence-electron chi connectivity index (χ0n) is 16.1.